The summed E-state index contributed by atoms with van der Waals surface area (Å²) in [5.41, 5.74) is -0.0733. The molecule has 1 fully saturated rings. The highest BCUT2D eigenvalue weighted by Gasteiger charge is 2.36. The maximum atomic E-state index is 13.5. The highest BCUT2D eigenvalue weighted by atomic mass is 19.1. The second kappa shape index (κ2) is 6.20. The minimum Gasteiger partial charge on any atom is -0.339 e. The molecule has 0 saturated carbocycles. The van der Waals surface area contributed by atoms with Crippen LogP contribution in [0.3, 0.4) is 0 Å². The zero-order chi connectivity index (χ0) is 15.6. The Kier molecular flexibility index (Phi) is 4.55. The van der Waals surface area contributed by atoms with E-state index in [-0.39, 0.29) is 24.1 Å². The van der Waals surface area contributed by atoms with Gasteiger partial charge in [0.2, 0.25) is 11.8 Å². The average Bonchev–Trinajstić information content (AvgIpc) is 2.83. The van der Waals surface area contributed by atoms with Crippen molar-refractivity contribution in [2.75, 3.05) is 11.9 Å². The van der Waals surface area contributed by atoms with Gasteiger partial charge < -0.3 is 10.2 Å². The smallest absolute Gasteiger partial charge is 0.229 e. The molecule has 1 N–H and O–H groups in total. The van der Waals surface area contributed by atoms with Crippen LogP contribution in [0.5, 0.6) is 0 Å². The molecule has 1 aliphatic heterocycles. The molecule has 1 heterocycles. The molecule has 114 valence electrons. The molecule has 4 nitrogen and oxygen atoms in total. The SMILES string of the molecule is CCC(C)N1CC(C(=O)Nc2ccc(F)cc2F)CC1=O. The summed E-state index contributed by atoms with van der Waals surface area (Å²) < 4.78 is 26.3. The number of hydrogen-bond donors (Lipinski definition) is 1. The number of nitrogens with zero attached hydrogens (tertiary/aromatic N) is 1. The standard InChI is InChI=1S/C15H18F2N2O2/c1-3-9(2)19-8-10(6-14(19)20)15(21)18-13-5-4-11(16)7-12(13)17/h4-5,7,9-10H,3,6,8H2,1-2H3,(H,18,21). The fraction of sp³-hybridized carbons (Fsp3) is 0.467. The minimum absolute atomic E-state index is 0.0657. The molecule has 0 bridgehead atoms. The largest absolute Gasteiger partial charge is 0.339 e. The molecule has 0 aliphatic carbocycles. The highest BCUT2D eigenvalue weighted by molar-refractivity contribution is 5.97. The molecule has 2 atom stereocenters. The van der Waals surface area contributed by atoms with E-state index in [0.717, 1.165) is 12.5 Å². The van der Waals surface area contributed by atoms with Crippen molar-refractivity contribution >= 4 is 17.5 Å². The van der Waals surface area contributed by atoms with Crippen LogP contribution in [0, 0.1) is 17.6 Å². The lowest BCUT2D eigenvalue weighted by Crippen LogP contribution is -2.35. The number of hydrogen-bond acceptors (Lipinski definition) is 2. The molecule has 1 aromatic rings. The Bertz CT molecular complexity index is 563. The molecule has 2 unspecified atom stereocenters. The molecule has 21 heavy (non-hydrogen) atoms. The number of nitrogens with one attached hydrogen (secondary N) is 1. The summed E-state index contributed by atoms with van der Waals surface area (Å²) in [5, 5.41) is 2.42. The van der Waals surface area contributed by atoms with Gasteiger partial charge in [-0.2, -0.15) is 0 Å². The second-order valence-corrected chi connectivity index (χ2v) is 5.32. The van der Waals surface area contributed by atoms with E-state index in [1.54, 1.807) is 4.90 Å². The summed E-state index contributed by atoms with van der Waals surface area (Å²) in [6, 6.07) is 3.04. The number of likely N-dealkylation sites (tertiary alicyclic amines) is 1. The molecule has 1 aliphatic rings. The maximum absolute atomic E-state index is 13.5. The number of carbonyl (C=O) groups excluding carboxylic acids is 2. The van der Waals surface area contributed by atoms with Crippen LogP contribution in [0.25, 0.3) is 0 Å². The van der Waals surface area contributed by atoms with Crippen molar-refractivity contribution in [2.45, 2.75) is 32.7 Å². The summed E-state index contributed by atoms with van der Waals surface area (Å²) in [5.74, 6) is -2.52. The van der Waals surface area contributed by atoms with Gasteiger partial charge in [-0.05, 0) is 25.5 Å². The van der Waals surface area contributed by atoms with Crippen molar-refractivity contribution in [3.05, 3.63) is 29.8 Å². The third-order valence-corrected chi connectivity index (χ3v) is 3.84. The number of carbonyl (C=O) groups is 2. The Morgan fingerprint density at radius 1 is 1.48 bits per heavy atom. The van der Waals surface area contributed by atoms with Crippen LogP contribution < -0.4 is 5.32 Å². The zero-order valence-corrected chi connectivity index (χ0v) is 12.0. The lowest BCUT2D eigenvalue weighted by atomic mass is 10.1. The van der Waals surface area contributed by atoms with Gasteiger partial charge in [0.25, 0.3) is 0 Å². The number of halogens is 2. The van der Waals surface area contributed by atoms with Crippen LogP contribution in [0.2, 0.25) is 0 Å². The van der Waals surface area contributed by atoms with E-state index in [2.05, 4.69) is 5.32 Å². The molecule has 6 heteroatoms. The first-order chi connectivity index (χ1) is 9.92. The normalized spacial score (nSPS) is 19.7. The number of anilines is 1. The topological polar surface area (TPSA) is 49.4 Å². The van der Waals surface area contributed by atoms with Gasteiger partial charge in [0.1, 0.15) is 11.6 Å². The van der Waals surface area contributed by atoms with Crippen molar-refractivity contribution in [3.8, 4) is 0 Å². The fourth-order valence-corrected chi connectivity index (χ4v) is 2.38. The van der Waals surface area contributed by atoms with Crippen LogP contribution in [-0.4, -0.2) is 29.3 Å². The van der Waals surface area contributed by atoms with Gasteiger partial charge in [-0.1, -0.05) is 6.92 Å². The van der Waals surface area contributed by atoms with E-state index in [1.807, 2.05) is 13.8 Å². The van der Waals surface area contributed by atoms with Crippen molar-refractivity contribution in [3.63, 3.8) is 0 Å². The summed E-state index contributed by atoms with van der Waals surface area (Å²) >= 11 is 0. The molecule has 2 amide bonds. The first-order valence-electron chi connectivity index (χ1n) is 6.97. The molecular weight excluding hydrogens is 278 g/mol. The van der Waals surface area contributed by atoms with Crippen LogP contribution in [0.4, 0.5) is 14.5 Å². The summed E-state index contributed by atoms with van der Waals surface area (Å²) in [6.07, 6.45) is 0.936. The number of rotatable bonds is 4. The lowest BCUT2D eigenvalue weighted by molar-refractivity contribution is -0.129. The Balaban J connectivity index is 2.03. The van der Waals surface area contributed by atoms with Gasteiger partial charge in [0, 0.05) is 25.1 Å². The third kappa shape index (κ3) is 3.37. The van der Waals surface area contributed by atoms with Gasteiger partial charge in [0.05, 0.1) is 11.6 Å². The van der Waals surface area contributed by atoms with Crippen LogP contribution in [0.1, 0.15) is 26.7 Å². The number of benzene rings is 1. The first kappa shape index (κ1) is 15.4. The summed E-state index contributed by atoms with van der Waals surface area (Å²) in [7, 11) is 0. The molecule has 0 spiro atoms. The molecular formula is C15H18F2N2O2. The van der Waals surface area contributed by atoms with Gasteiger partial charge in [-0.3, -0.25) is 9.59 Å². The quantitative estimate of drug-likeness (QED) is 0.928. The predicted molar refractivity (Wildman–Crippen MR) is 74.6 cm³/mol. The highest BCUT2D eigenvalue weighted by Crippen LogP contribution is 2.23. The van der Waals surface area contributed by atoms with Gasteiger partial charge >= 0.3 is 0 Å². The third-order valence-electron chi connectivity index (χ3n) is 3.84. The fourth-order valence-electron chi connectivity index (χ4n) is 2.38. The van der Waals surface area contributed by atoms with Crippen molar-refractivity contribution in [2.24, 2.45) is 5.92 Å². The van der Waals surface area contributed by atoms with E-state index < -0.39 is 23.5 Å². The van der Waals surface area contributed by atoms with Gasteiger partial charge in [-0.15, -0.1) is 0 Å². The van der Waals surface area contributed by atoms with Crippen LogP contribution >= 0.6 is 0 Å². The minimum atomic E-state index is -0.827. The van der Waals surface area contributed by atoms with Crippen LogP contribution in [-0.2, 0) is 9.59 Å². The maximum Gasteiger partial charge on any atom is 0.229 e. The van der Waals surface area contributed by atoms with E-state index in [0.29, 0.717) is 12.6 Å². The summed E-state index contributed by atoms with van der Waals surface area (Å²) in [6.45, 7) is 4.24. The Hall–Kier alpha value is -1.98. The predicted octanol–water partition coefficient (Wildman–Crippen LogP) is 2.55. The van der Waals surface area contributed by atoms with Crippen molar-refractivity contribution in [1.82, 2.24) is 4.90 Å². The molecule has 1 saturated heterocycles. The van der Waals surface area contributed by atoms with Crippen LogP contribution in [0.15, 0.2) is 18.2 Å². The molecule has 0 aromatic heterocycles. The number of amides is 2. The summed E-state index contributed by atoms with van der Waals surface area (Å²) in [4.78, 5) is 25.7. The Morgan fingerprint density at radius 2 is 2.19 bits per heavy atom. The van der Waals surface area contributed by atoms with E-state index >= 15 is 0 Å². The first-order valence-corrected chi connectivity index (χ1v) is 6.97. The lowest BCUT2D eigenvalue weighted by Gasteiger charge is -2.23. The van der Waals surface area contributed by atoms with Crippen molar-refractivity contribution < 1.29 is 18.4 Å². The molecule has 1 aromatic carbocycles. The Morgan fingerprint density at radius 3 is 2.81 bits per heavy atom. The molecule has 0 radical (unpaired) electrons. The molecule has 2 rings (SSSR count). The average molecular weight is 296 g/mol. The Labute approximate surface area is 122 Å². The monoisotopic (exact) mass is 296 g/mol. The van der Waals surface area contributed by atoms with E-state index in [1.165, 1.54) is 6.07 Å². The second-order valence-electron chi connectivity index (χ2n) is 5.32. The van der Waals surface area contributed by atoms with Gasteiger partial charge in [0.15, 0.2) is 0 Å². The van der Waals surface area contributed by atoms with Gasteiger partial charge in [-0.25, -0.2) is 8.78 Å². The van der Waals surface area contributed by atoms with E-state index in [4.69, 9.17) is 0 Å². The zero-order valence-electron chi connectivity index (χ0n) is 12.0. The van der Waals surface area contributed by atoms with E-state index in [9.17, 15) is 18.4 Å². The van der Waals surface area contributed by atoms with Crippen molar-refractivity contribution in [1.29, 1.82) is 0 Å².